The fraction of sp³-hybridized carbons (Fsp3) is 0.154. The van der Waals surface area contributed by atoms with Gasteiger partial charge < -0.3 is 18.9 Å². The Labute approximate surface area is 252 Å². The zero-order valence-electron chi connectivity index (χ0n) is 21.7. The number of ether oxygens (including phenoxy) is 4. The highest BCUT2D eigenvalue weighted by molar-refractivity contribution is 8.30. The topological polar surface area (TPSA) is 173 Å². The molecule has 0 radical (unpaired) electrons. The van der Waals surface area contributed by atoms with Gasteiger partial charge in [-0.3, -0.25) is 19.2 Å². The fourth-order valence-electron chi connectivity index (χ4n) is 4.18. The van der Waals surface area contributed by atoms with Crippen LogP contribution < -0.4 is 0 Å². The maximum Gasteiger partial charge on any atom is 0.346 e. The number of methoxy groups -OCH3 is 4. The van der Waals surface area contributed by atoms with Crippen LogP contribution in [0, 0.1) is 0 Å². The van der Waals surface area contributed by atoms with Crippen molar-refractivity contribution in [3.8, 4) is 0 Å². The highest BCUT2D eigenvalue weighted by Crippen LogP contribution is 2.55. The number of esters is 4. The first-order chi connectivity index (χ1) is 20.0. The van der Waals surface area contributed by atoms with Crippen LogP contribution in [0.25, 0.3) is 0 Å². The van der Waals surface area contributed by atoms with Gasteiger partial charge in [-0.1, -0.05) is 47.0 Å². The van der Waals surface area contributed by atoms with E-state index in [1.165, 1.54) is 0 Å². The second kappa shape index (κ2) is 11.1. The minimum absolute atomic E-state index is 0.0399. The molecule has 0 saturated carbocycles. The molecular formula is C26H14O12S4. The van der Waals surface area contributed by atoms with Gasteiger partial charge in [0.15, 0.2) is 23.1 Å². The number of hydrogen-bond acceptors (Lipinski definition) is 16. The fourth-order valence-corrected chi connectivity index (χ4v) is 9.27. The molecule has 214 valence electrons. The van der Waals surface area contributed by atoms with Crippen molar-refractivity contribution in [1.29, 1.82) is 0 Å². The Morgan fingerprint density at radius 1 is 0.452 bits per heavy atom. The Morgan fingerprint density at radius 2 is 0.667 bits per heavy atom. The predicted molar refractivity (Wildman–Crippen MR) is 150 cm³/mol. The quantitative estimate of drug-likeness (QED) is 0.202. The van der Waals surface area contributed by atoms with Crippen molar-refractivity contribution in [3.63, 3.8) is 0 Å². The minimum Gasteiger partial charge on any atom is -0.465 e. The average Bonchev–Trinajstić information content (AvgIpc) is 3.74. The van der Waals surface area contributed by atoms with Gasteiger partial charge >= 0.3 is 23.9 Å². The Balaban J connectivity index is 1.52. The van der Waals surface area contributed by atoms with Gasteiger partial charge in [-0.25, -0.2) is 19.2 Å². The molecule has 1 aromatic rings. The molecule has 0 saturated heterocycles. The number of carbonyl (C=O) groups is 8. The van der Waals surface area contributed by atoms with Gasteiger partial charge in [0.25, 0.3) is 0 Å². The summed E-state index contributed by atoms with van der Waals surface area (Å²) in [5.41, 5.74) is -1.24. The van der Waals surface area contributed by atoms with E-state index in [2.05, 4.69) is 0 Å². The van der Waals surface area contributed by atoms with E-state index in [0.717, 1.165) is 40.6 Å². The van der Waals surface area contributed by atoms with E-state index < -0.39 is 47.0 Å². The highest BCUT2D eigenvalue weighted by atomic mass is 32.2. The number of fused-ring (bicyclic) bond motifs is 2. The van der Waals surface area contributed by atoms with Gasteiger partial charge in [-0.15, -0.1) is 0 Å². The number of thioether (sulfide) groups is 4. The molecule has 0 spiro atoms. The van der Waals surface area contributed by atoms with Crippen molar-refractivity contribution in [3.05, 3.63) is 73.6 Å². The van der Waals surface area contributed by atoms with E-state index in [-0.39, 0.29) is 61.5 Å². The van der Waals surface area contributed by atoms with Gasteiger partial charge in [0.05, 0.1) is 48.1 Å². The van der Waals surface area contributed by atoms with E-state index in [9.17, 15) is 38.4 Å². The van der Waals surface area contributed by atoms with Gasteiger partial charge in [0.2, 0.25) is 0 Å². The average molecular weight is 647 g/mol. The molecule has 42 heavy (non-hydrogen) atoms. The Hall–Kier alpha value is -3.86. The molecule has 0 amide bonds. The first kappa shape index (κ1) is 29.6. The molecule has 2 heterocycles. The number of hydrogen-bond donors (Lipinski definition) is 0. The van der Waals surface area contributed by atoms with Crippen LogP contribution in [-0.4, -0.2) is 75.4 Å². The van der Waals surface area contributed by atoms with Crippen LogP contribution in [0.15, 0.2) is 51.4 Å². The lowest BCUT2D eigenvalue weighted by atomic mass is 10.0. The van der Waals surface area contributed by atoms with Crippen LogP contribution in [0.5, 0.6) is 0 Å². The Morgan fingerprint density at radius 3 is 0.857 bits per heavy atom. The summed E-state index contributed by atoms with van der Waals surface area (Å²) in [5.74, 6) is -6.52. The molecule has 1 aromatic carbocycles. The maximum absolute atomic E-state index is 13.4. The van der Waals surface area contributed by atoms with E-state index in [4.69, 9.17) is 18.9 Å². The molecule has 0 aromatic heterocycles. The Kier molecular flexibility index (Phi) is 7.82. The van der Waals surface area contributed by atoms with Crippen LogP contribution in [-0.2, 0) is 38.1 Å². The highest BCUT2D eigenvalue weighted by Gasteiger charge is 2.46. The number of ketones is 4. The normalized spacial score (nSPS) is 17.8. The second-order valence-corrected chi connectivity index (χ2v) is 12.9. The first-order valence-corrected chi connectivity index (χ1v) is 14.6. The monoisotopic (exact) mass is 646 g/mol. The van der Waals surface area contributed by atoms with Crippen molar-refractivity contribution in [1.82, 2.24) is 0 Å². The lowest BCUT2D eigenvalue weighted by molar-refractivity contribution is -0.138. The van der Waals surface area contributed by atoms with Gasteiger partial charge in [-0.05, 0) is 12.1 Å². The molecule has 0 fully saturated rings. The van der Waals surface area contributed by atoms with Gasteiger partial charge in [0, 0.05) is 22.3 Å². The van der Waals surface area contributed by atoms with E-state index in [1.807, 2.05) is 0 Å². The number of carbonyl (C=O) groups excluding carboxylic acids is 8. The first-order valence-electron chi connectivity index (χ1n) is 11.4. The number of rotatable bonds is 4. The van der Waals surface area contributed by atoms with E-state index in [1.54, 1.807) is 0 Å². The van der Waals surface area contributed by atoms with Crippen LogP contribution in [0.1, 0.15) is 41.4 Å². The number of Topliss-reactive ketones (excluding diaryl/α,β-unsaturated/α-hetero) is 4. The third-order valence-electron chi connectivity index (χ3n) is 6.13. The molecule has 0 unspecified atom stereocenters. The van der Waals surface area contributed by atoms with Crippen molar-refractivity contribution in [2.45, 2.75) is 0 Å². The van der Waals surface area contributed by atoms with Gasteiger partial charge in [-0.2, -0.15) is 0 Å². The molecule has 2 aliphatic carbocycles. The number of allylic oxidation sites excluding steroid dienone is 2. The lowest BCUT2D eigenvalue weighted by Crippen LogP contribution is -2.08. The molecule has 12 nitrogen and oxygen atoms in total. The summed E-state index contributed by atoms with van der Waals surface area (Å²) in [5, 5.41) is 0. The molecule has 0 bridgehead atoms. The second-order valence-electron chi connectivity index (χ2n) is 8.28. The molecular weight excluding hydrogens is 633 g/mol. The van der Waals surface area contributed by atoms with Crippen molar-refractivity contribution in [2.75, 3.05) is 28.4 Å². The summed E-state index contributed by atoms with van der Waals surface area (Å²) in [4.78, 5) is 102. The standard InChI is InChI=1S/C26H14O12S4/c1-35-21(31)17-18(22(32)36-2)40-25(39-17)11-13(27)7-5-9-10(6-8(7)14(11)28)16(30)12(15(9)29)26-41-19(23(33)37-3)20(42-26)24(34)38-4/h5-6H,1-4H3. The summed E-state index contributed by atoms with van der Waals surface area (Å²) in [6.07, 6.45) is 0. The van der Waals surface area contributed by atoms with Crippen LogP contribution in [0.3, 0.4) is 0 Å². The zero-order chi connectivity index (χ0) is 30.6. The molecule has 0 N–H and O–H groups in total. The SMILES string of the molecule is COC(=O)C1=C(C(=O)OC)SC(=C2C(=O)c3cc4c(cc3C2=O)C(=O)C(=C2SC(C(=O)OC)=C(C(=O)OC)S2)C4=O)S1. The van der Waals surface area contributed by atoms with Crippen molar-refractivity contribution >= 4 is 94.1 Å². The summed E-state index contributed by atoms with van der Waals surface area (Å²) in [6, 6.07) is 2.29. The van der Waals surface area contributed by atoms with Crippen LogP contribution >= 0.6 is 47.0 Å². The molecule has 0 atom stereocenters. The van der Waals surface area contributed by atoms with Crippen molar-refractivity contribution in [2.24, 2.45) is 0 Å². The number of benzene rings is 1. The molecule has 4 aliphatic rings. The van der Waals surface area contributed by atoms with Crippen LogP contribution in [0.4, 0.5) is 0 Å². The largest absolute Gasteiger partial charge is 0.465 e. The molecule has 5 rings (SSSR count). The third-order valence-corrected chi connectivity index (χ3v) is 11.2. The molecule has 16 heteroatoms. The maximum atomic E-state index is 13.4. The predicted octanol–water partition coefficient (Wildman–Crippen LogP) is 2.94. The van der Waals surface area contributed by atoms with E-state index >= 15 is 0 Å². The van der Waals surface area contributed by atoms with Gasteiger partial charge in [0.1, 0.15) is 19.6 Å². The summed E-state index contributed by atoms with van der Waals surface area (Å²) < 4.78 is 18.9. The zero-order valence-corrected chi connectivity index (χ0v) is 25.0. The molecule has 2 aliphatic heterocycles. The third kappa shape index (κ3) is 4.45. The van der Waals surface area contributed by atoms with Crippen molar-refractivity contribution < 1.29 is 57.3 Å². The lowest BCUT2D eigenvalue weighted by Gasteiger charge is -2.01. The Bertz CT molecular complexity index is 1520. The summed E-state index contributed by atoms with van der Waals surface area (Å²) in [7, 11) is 4.42. The minimum atomic E-state index is -0.863. The summed E-state index contributed by atoms with van der Waals surface area (Å²) in [6.45, 7) is 0. The smallest absolute Gasteiger partial charge is 0.346 e. The summed E-state index contributed by atoms with van der Waals surface area (Å²) >= 11 is 2.81. The van der Waals surface area contributed by atoms with Crippen LogP contribution in [0.2, 0.25) is 0 Å². The van der Waals surface area contributed by atoms with E-state index in [0.29, 0.717) is 47.0 Å².